The number of carbonyl (C=O) groups excluding carboxylic acids is 1. The fraction of sp³-hybridized carbons (Fsp3) is 0.533. The summed E-state index contributed by atoms with van der Waals surface area (Å²) in [6, 6.07) is 1.85. The number of piperidine rings is 1. The predicted octanol–water partition coefficient (Wildman–Crippen LogP) is 1.87. The Kier molecular flexibility index (Phi) is 4.22. The van der Waals surface area contributed by atoms with E-state index in [1.54, 1.807) is 18.0 Å². The standard InChI is InChI=1S/C15H22N6O2/c1-10-13(14(23-3)19-20(10)2)17-15(22)21-8-4-5-11(9-21)12-6-7-16-18-12/h6-7,11H,4-5,8-9H2,1-3H3,(H,16,18)(H,17,22)/t11-/m0/s1. The van der Waals surface area contributed by atoms with Crippen molar-refractivity contribution in [2.75, 3.05) is 25.5 Å². The van der Waals surface area contributed by atoms with Crippen LogP contribution in [-0.2, 0) is 7.05 Å². The Labute approximate surface area is 134 Å². The first-order chi connectivity index (χ1) is 11.1. The number of methoxy groups -OCH3 is 1. The van der Waals surface area contributed by atoms with Crippen LogP contribution >= 0.6 is 0 Å². The third-order valence-electron chi connectivity index (χ3n) is 4.40. The van der Waals surface area contributed by atoms with Crippen molar-refractivity contribution in [3.05, 3.63) is 23.7 Å². The van der Waals surface area contributed by atoms with Gasteiger partial charge in [-0.25, -0.2) is 4.79 Å². The topological polar surface area (TPSA) is 88.1 Å². The summed E-state index contributed by atoms with van der Waals surface area (Å²) in [5, 5.41) is 14.2. The average molecular weight is 318 g/mol. The Morgan fingerprint density at radius 1 is 1.52 bits per heavy atom. The van der Waals surface area contributed by atoms with Crippen molar-refractivity contribution in [1.29, 1.82) is 0 Å². The number of amides is 2. The molecule has 1 saturated heterocycles. The molecule has 2 N–H and O–H groups in total. The van der Waals surface area contributed by atoms with Crippen molar-refractivity contribution in [2.24, 2.45) is 7.05 Å². The van der Waals surface area contributed by atoms with Crippen LogP contribution in [0.1, 0.15) is 30.1 Å². The van der Waals surface area contributed by atoms with Gasteiger partial charge < -0.3 is 15.0 Å². The maximum atomic E-state index is 12.6. The fourth-order valence-corrected chi connectivity index (χ4v) is 2.96. The number of anilines is 1. The number of nitrogens with one attached hydrogen (secondary N) is 2. The van der Waals surface area contributed by atoms with Crippen LogP contribution in [0.15, 0.2) is 12.3 Å². The second-order valence-corrected chi connectivity index (χ2v) is 5.82. The zero-order valence-corrected chi connectivity index (χ0v) is 13.7. The number of nitrogens with zero attached hydrogens (tertiary/aromatic N) is 4. The molecule has 0 saturated carbocycles. The van der Waals surface area contributed by atoms with Crippen LogP contribution < -0.4 is 10.1 Å². The van der Waals surface area contributed by atoms with E-state index in [2.05, 4.69) is 20.6 Å². The van der Waals surface area contributed by atoms with Gasteiger partial charge in [-0.1, -0.05) is 0 Å². The van der Waals surface area contributed by atoms with E-state index < -0.39 is 0 Å². The molecule has 3 rings (SSSR count). The minimum atomic E-state index is -0.122. The minimum Gasteiger partial charge on any atom is -0.478 e. The Morgan fingerprint density at radius 3 is 3.04 bits per heavy atom. The van der Waals surface area contributed by atoms with Crippen LogP contribution in [0.4, 0.5) is 10.5 Å². The molecule has 1 aliphatic rings. The number of hydrogen-bond donors (Lipinski definition) is 2. The largest absolute Gasteiger partial charge is 0.478 e. The molecule has 0 bridgehead atoms. The van der Waals surface area contributed by atoms with Crippen LogP contribution in [0, 0.1) is 6.92 Å². The zero-order chi connectivity index (χ0) is 16.4. The summed E-state index contributed by atoms with van der Waals surface area (Å²) in [4.78, 5) is 14.4. The lowest BCUT2D eigenvalue weighted by atomic mass is 9.95. The number of likely N-dealkylation sites (tertiary alicyclic amines) is 1. The molecular formula is C15H22N6O2. The molecule has 3 heterocycles. The molecule has 8 heteroatoms. The van der Waals surface area contributed by atoms with Gasteiger partial charge in [-0.15, -0.1) is 5.10 Å². The molecule has 2 aromatic rings. The molecule has 1 fully saturated rings. The van der Waals surface area contributed by atoms with Crippen LogP contribution in [0.5, 0.6) is 5.88 Å². The molecule has 2 amide bonds. The predicted molar refractivity (Wildman–Crippen MR) is 85.7 cm³/mol. The molecule has 0 aromatic carbocycles. The first-order valence-corrected chi connectivity index (χ1v) is 7.73. The lowest BCUT2D eigenvalue weighted by Gasteiger charge is -2.32. The molecule has 0 unspecified atom stereocenters. The van der Waals surface area contributed by atoms with Gasteiger partial charge >= 0.3 is 6.03 Å². The summed E-state index contributed by atoms with van der Waals surface area (Å²) in [5.74, 6) is 0.731. The molecular weight excluding hydrogens is 296 g/mol. The second kappa shape index (κ2) is 6.31. The number of rotatable bonds is 3. The van der Waals surface area contributed by atoms with Gasteiger partial charge in [-0.3, -0.25) is 9.78 Å². The van der Waals surface area contributed by atoms with E-state index >= 15 is 0 Å². The average Bonchev–Trinajstić information content (AvgIpc) is 3.19. The van der Waals surface area contributed by atoms with E-state index in [0.29, 0.717) is 24.0 Å². The molecule has 23 heavy (non-hydrogen) atoms. The van der Waals surface area contributed by atoms with E-state index in [0.717, 1.165) is 30.8 Å². The number of aromatic nitrogens is 4. The summed E-state index contributed by atoms with van der Waals surface area (Å²) in [6.07, 6.45) is 3.78. The van der Waals surface area contributed by atoms with Crippen molar-refractivity contribution in [3.8, 4) is 5.88 Å². The summed E-state index contributed by atoms with van der Waals surface area (Å²) < 4.78 is 6.93. The number of aryl methyl sites for hydroxylation is 1. The van der Waals surface area contributed by atoms with E-state index in [9.17, 15) is 4.79 Å². The summed E-state index contributed by atoms with van der Waals surface area (Å²) in [7, 11) is 3.37. The van der Waals surface area contributed by atoms with Gasteiger partial charge in [0.15, 0.2) is 0 Å². The van der Waals surface area contributed by atoms with E-state index in [1.165, 1.54) is 0 Å². The first-order valence-electron chi connectivity index (χ1n) is 7.73. The van der Waals surface area contributed by atoms with E-state index in [1.807, 2.05) is 24.9 Å². The number of H-pyrrole nitrogens is 1. The second-order valence-electron chi connectivity index (χ2n) is 5.82. The van der Waals surface area contributed by atoms with Gasteiger partial charge in [0.1, 0.15) is 5.69 Å². The van der Waals surface area contributed by atoms with Crippen molar-refractivity contribution >= 4 is 11.7 Å². The Morgan fingerprint density at radius 2 is 2.35 bits per heavy atom. The summed E-state index contributed by atoms with van der Waals surface area (Å²) >= 11 is 0. The van der Waals surface area contributed by atoms with Crippen LogP contribution in [0.2, 0.25) is 0 Å². The Bertz CT molecular complexity index is 678. The smallest absolute Gasteiger partial charge is 0.322 e. The highest BCUT2D eigenvalue weighted by molar-refractivity contribution is 5.91. The molecule has 1 aliphatic heterocycles. The summed E-state index contributed by atoms with van der Waals surface area (Å²) in [5.41, 5.74) is 2.57. The molecule has 2 aromatic heterocycles. The quantitative estimate of drug-likeness (QED) is 0.904. The normalized spacial score (nSPS) is 18.0. The molecule has 0 aliphatic carbocycles. The van der Waals surface area contributed by atoms with Gasteiger partial charge in [0.05, 0.1) is 12.8 Å². The van der Waals surface area contributed by atoms with Crippen molar-refractivity contribution in [3.63, 3.8) is 0 Å². The maximum Gasteiger partial charge on any atom is 0.322 e. The number of aromatic amines is 1. The van der Waals surface area contributed by atoms with E-state index in [-0.39, 0.29) is 6.03 Å². The zero-order valence-electron chi connectivity index (χ0n) is 13.7. The molecule has 124 valence electrons. The Hall–Kier alpha value is -2.51. The number of hydrogen-bond acceptors (Lipinski definition) is 4. The van der Waals surface area contributed by atoms with Gasteiger partial charge in [-0.05, 0) is 25.8 Å². The van der Waals surface area contributed by atoms with Gasteiger partial charge in [0.25, 0.3) is 5.88 Å². The molecule has 1 atom stereocenters. The highest BCUT2D eigenvalue weighted by atomic mass is 16.5. The van der Waals surface area contributed by atoms with Gasteiger partial charge in [-0.2, -0.15) is 5.10 Å². The lowest BCUT2D eigenvalue weighted by molar-refractivity contribution is 0.192. The lowest BCUT2D eigenvalue weighted by Crippen LogP contribution is -2.41. The first kappa shape index (κ1) is 15.4. The van der Waals surface area contributed by atoms with Gasteiger partial charge in [0, 0.05) is 37.9 Å². The maximum absolute atomic E-state index is 12.6. The van der Waals surface area contributed by atoms with Crippen molar-refractivity contribution < 1.29 is 9.53 Å². The molecule has 0 radical (unpaired) electrons. The van der Waals surface area contributed by atoms with Crippen LogP contribution in [0.25, 0.3) is 0 Å². The minimum absolute atomic E-state index is 0.122. The monoisotopic (exact) mass is 318 g/mol. The van der Waals surface area contributed by atoms with Crippen LogP contribution in [0.3, 0.4) is 0 Å². The number of ether oxygens (including phenoxy) is 1. The van der Waals surface area contributed by atoms with E-state index in [4.69, 9.17) is 4.74 Å². The third-order valence-corrected chi connectivity index (χ3v) is 4.40. The highest BCUT2D eigenvalue weighted by Crippen LogP contribution is 2.29. The van der Waals surface area contributed by atoms with Gasteiger partial charge in [0.2, 0.25) is 0 Å². The molecule has 8 nitrogen and oxygen atoms in total. The van der Waals surface area contributed by atoms with Crippen molar-refractivity contribution in [2.45, 2.75) is 25.7 Å². The fourth-order valence-electron chi connectivity index (χ4n) is 2.96. The number of carbonyl (C=O) groups is 1. The Balaban J connectivity index is 1.71. The number of urea groups is 1. The SMILES string of the molecule is COc1nn(C)c(C)c1NC(=O)N1CCC[C@H](c2ccn[nH]2)C1. The van der Waals surface area contributed by atoms with Crippen LogP contribution in [-0.4, -0.2) is 51.1 Å². The summed E-state index contributed by atoms with van der Waals surface area (Å²) in [6.45, 7) is 3.32. The highest BCUT2D eigenvalue weighted by Gasteiger charge is 2.27. The third kappa shape index (κ3) is 3.01. The van der Waals surface area contributed by atoms with Crippen molar-refractivity contribution in [1.82, 2.24) is 24.9 Å². The molecule has 0 spiro atoms.